The maximum absolute atomic E-state index is 14.5. The number of aliphatic hydroxyl groups is 2. The zero-order valence-electron chi connectivity index (χ0n) is 23.9. The van der Waals surface area contributed by atoms with Crippen molar-refractivity contribution in [2.75, 3.05) is 0 Å². The standard InChI is InChI=1S/C32H40O8/c1-15-7-8-19-21(15)24-22(20(38-17(3)33)13-29(19,5)36)32(27(35)40-24)14-31-12-11-28(32,4)25(31)23-18(9-10-30(31,6)37)16(2)26(34)39-23/h7,11-12,18-25,36-37H,2,8-10,13-14H2,1,3-6H3/t18-,19+,20-,21-,22+,23+,24+,25+,28-,29+,30+,31-,32+/m0/s1. The number of fused-ring (bicyclic) bond motifs is 6. The molecule has 2 N–H and O–H groups in total. The molecule has 0 radical (unpaired) electrons. The minimum atomic E-state index is -1.19. The molecule has 7 aliphatic rings. The van der Waals surface area contributed by atoms with E-state index in [2.05, 4.69) is 18.7 Å². The van der Waals surface area contributed by atoms with Gasteiger partial charge in [0.05, 0.1) is 22.5 Å². The van der Waals surface area contributed by atoms with Crippen molar-refractivity contribution in [3.8, 4) is 0 Å². The van der Waals surface area contributed by atoms with Gasteiger partial charge in [0.2, 0.25) is 0 Å². The molecule has 0 amide bonds. The van der Waals surface area contributed by atoms with Crippen molar-refractivity contribution in [3.05, 3.63) is 36.0 Å². The second-order valence-electron chi connectivity index (χ2n) is 14.5. The predicted octanol–water partition coefficient (Wildman–Crippen LogP) is 3.41. The van der Waals surface area contributed by atoms with Crippen LogP contribution < -0.4 is 0 Å². The SMILES string of the molecule is C=C1C(=O)O[C@H]2[C@@H]3[C@]4(C)C=C[C@@]3(C[C@@]43C(=O)O[C@@H]4[C@H]5C(C)=CC[C@H]5[C@](C)(O)C[C@H](OC(C)=O)[C@H]43)[C@](C)(O)CC[C@@H]12. The lowest BCUT2D eigenvalue weighted by Gasteiger charge is -2.46. The minimum Gasteiger partial charge on any atom is -0.462 e. The van der Waals surface area contributed by atoms with Gasteiger partial charge in [0.25, 0.3) is 0 Å². The van der Waals surface area contributed by atoms with Gasteiger partial charge < -0.3 is 24.4 Å². The van der Waals surface area contributed by atoms with Crippen LogP contribution in [0.15, 0.2) is 36.0 Å². The van der Waals surface area contributed by atoms with Gasteiger partial charge in [-0.15, -0.1) is 0 Å². The van der Waals surface area contributed by atoms with Crippen LogP contribution in [0.25, 0.3) is 0 Å². The van der Waals surface area contributed by atoms with Crippen molar-refractivity contribution < 1.29 is 38.8 Å². The molecule has 5 fully saturated rings. The highest BCUT2D eigenvalue weighted by atomic mass is 16.6. The predicted molar refractivity (Wildman–Crippen MR) is 142 cm³/mol. The number of esters is 3. The Morgan fingerprint density at radius 3 is 2.55 bits per heavy atom. The fourth-order valence-electron chi connectivity index (χ4n) is 11.0. The van der Waals surface area contributed by atoms with Crippen molar-refractivity contribution in [3.63, 3.8) is 0 Å². The first-order valence-corrected chi connectivity index (χ1v) is 14.7. The van der Waals surface area contributed by atoms with Gasteiger partial charge in [-0.05, 0) is 46.5 Å². The molecule has 0 unspecified atom stereocenters. The van der Waals surface area contributed by atoms with E-state index in [0.29, 0.717) is 24.8 Å². The molecule has 8 nitrogen and oxygen atoms in total. The molecule has 0 aromatic heterocycles. The molecule has 2 aliphatic heterocycles. The monoisotopic (exact) mass is 552 g/mol. The highest BCUT2D eigenvalue weighted by Gasteiger charge is 2.84. The van der Waals surface area contributed by atoms with E-state index in [1.807, 2.05) is 26.8 Å². The third-order valence-corrected chi connectivity index (χ3v) is 12.8. The van der Waals surface area contributed by atoms with E-state index in [1.165, 1.54) is 6.92 Å². The number of hydrogen-bond acceptors (Lipinski definition) is 8. The Balaban J connectivity index is 1.45. The lowest BCUT2D eigenvalue weighted by molar-refractivity contribution is -0.165. The lowest BCUT2D eigenvalue weighted by Crippen LogP contribution is -2.53. The first kappa shape index (κ1) is 26.4. The van der Waals surface area contributed by atoms with Crippen LogP contribution in [-0.4, -0.2) is 57.6 Å². The second-order valence-corrected chi connectivity index (χ2v) is 14.5. The van der Waals surface area contributed by atoms with Gasteiger partial charge in [-0.25, -0.2) is 4.79 Å². The van der Waals surface area contributed by atoms with Crippen LogP contribution in [0.4, 0.5) is 0 Å². The van der Waals surface area contributed by atoms with E-state index < -0.39 is 69.5 Å². The molecule has 2 bridgehead atoms. The van der Waals surface area contributed by atoms with Gasteiger partial charge >= 0.3 is 17.9 Å². The second kappa shape index (κ2) is 7.68. The number of carbonyl (C=O) groups excluding carboxylic acids is 3. The quantitative estimate of drug-likeness (QED) is 0.220. The molecule has 1 spiro atoms. The van der Waals surface area contributed by atoms with Crippen molar-refractivity contribution in [2.45, 2.75) is 96.2 Å². The molecule has 13 atom stereocenters. The Morgan fingerprint density at radius 1 is 1.12 bits per heavy atom. The summed E-state index contributed by atoms with van der Waals surface area (Å²) in [6, 6.07) is 0. The van der Waals surface area contributed by atoms with Crippen molar-refractivity contribution in [1.29, 1.82) is 0 Å². The number of rotatable bonds is 1. The van der Waals surface area contributed by atoms with E-state index in [-0.39, 0.29) is 36.6 Å². The van der Waals surface area contributed by atoms with E-state index >= 15 is 0 Å². The van der Waals surface area contributed by atoms with Crippen LogP contribution in [0, 0.1) is 45.8 Å². The first-order valence-electron chi connectivity index (χ1n) is 14.7. The maximum Gasteiger partial charge on any atom is 0.334 e. The van der Waals surface area contributed by atoms with Crippen LogP contribution in [-0.2, 0) is 28.6 Å². The molecule has 3 saturated carbocycles. The topological polar surface area (TPSA) is 119 Å². The fourth-order valence-corrected chi connectivity index (χ4v) is 11.0. The zero-order chi connectivity index (χ0) is 28.8. The Hall–Kier alpha value is -2.45. The molecule has 2 heterocycles. The van der Waals surface area contributed by atoms with Crippen LogP contribution in [0.2, 0.25) is 0 Å². The largest absolute Gasteiger partial charge is 0.462 e. The summed E-state index contributed by atoms with van der Waals surface area (Å²) in [4.78, 5) is 39.9. The Kier molecular flexibility index (Phi) is 5.08. The summed E-state index contributed by atoms with van der Waals surface area (Å²) in [5, 5.41) is 24.0. The van der Waals surface area contributed by atoms with Crippen LogP contribution >= 0.6 is 0 Å². The highest BCUT2D eigenvalue weighted by Crippen LogP contribution is 2.80. The number of hydrogen-bond donors (Lipinski definition) is 2. The first-order chi connectivity index (χ1) is 18.6. The Morgan fingerprint density at radius 2 is 1.85 bits per heavy atom. The number of allylic oxidation sites excluding steroid dienone is 2. The third-order valence-electron chi connectivity index (χ3n) is 12.8. The van der Waals surface area contributed by atoms with Gasteiger partial charge in [-0.3, -0.25) is 9.59 Å². The van der Waals surface area contributed by atoms with Crippen LogP contribution in [0.1, 0.15) is 66.7 Å². The molecule has 40 heavy (non-hydrogen) atoms. The number of ether oxygens (including phenoxy) is 3. The van der Waals surface area contributed by atoms with Gasteiger partial charge in [0.1, 0.15) is 18.3 Å². The van der Waals surface area contributed by atoms with Gasteiger partial charge in [-0.2, -0.15) is 0 Å². The average Bonchev–Trinajstić information content (AvgIpc) is 3.56. The summed E-state index contributed by atoms with van der Waals surface area (Å²) in [6.07, 6.45) is 6.43. The molecule has 0 aromatic rings. The van der Waals surface area contributed by atoms with Crippen LogP contribution in [0.5, 0.6) is 0 Å². The van der Waals surface area contributed by atoms with Gasteiger partial charge in [-0.1, -0.05) is 37.3 Å². The zero-order valence-corrected chi connectivity index (χ0v) is 23.9. The molecule has 7 rings (SSSR count). The van der Waals surface area contributed by atoms with Gasteiger partial charge in [0, 0.05) is 53.4 Å². The Bertz CT molecular complexity index is 1310. The van der Waals surface area contributed by atoms with E-state index in [9.17, 15) is 24.6 Å². The lowest BCUT2D eigenvalue weighted by atomic mass is 9.54. The highest BCUT2D eigenvalue weighted by molar-refractivity contribution is 5.91. The van der Waals surface area contributed by atoms with E-state index in [0.717, 1.165) is 5.57 Å². The normalized spacial score (nSPS) is 55.6. The molecular weight excluding hydrogens is 512 g/mol. The van der Waals surface area contributed by atoms with Gasteiger partial charge in [0.15, 0.2) is 0 Å². The molecular formula is C32H40O8. The van der Waals surface area contributed by atoms with E-state index in [4.69, 9.17) is 14.2 Å². The minimum absolute atomic E-state index is 0.180. The molecule has 0 aromatic carbocycles. The number of carbonyl (C=O) groups is 3. The van der Waals surface area contributed by atoms with Crippen molar-refractivity contribution in [2.24, 2.45) is 45.8 Å². The summed E-state index contributed by atoms with van der Waals surface area (Å²) in [5.74, 6) is -2.84. The Labute approximate surface area is 234 Å². The molecule has 2 saturated heterocycles. The third kappa shape index (κ3) is 2.83. The fraction of sp³-hybridized carbons (Fsp3) is 0.719. The van der Waals surface area contributed by atoms with E-state index in [1.54, 1.807) is 6.92 Å². The van der Waals surface area contributed by atoms with Crippen molar-refractivity contribution in [1.82, 2.24) is 0 Å². The molecule has 216 valence electrons. The molecule has 8 heteroatoms. The van der Waals surface area contributed by atoms with Crippen molar-refractivity contribution >= 4 is 17.9 Å². The van der Waals surface area contributed by atoms with Crippen LogP contribution in [0.3, 0.4) is 0 Å². The average molecular weight is 553 g/mol. The molecule has 5 aliphatic carbocycles. The smallest absolute Gasteiger partial charge is 0.334 e. The summed E-state index contributed by atoms with van der Waals surface area (Å²) < 4.78 is 18.5. The maximum atomic E-state index is 14.5. The summed E-state index contributed by atoms with van der Waals surface area (Å²) in [5.41, 5.74) is -3.74. The summed E-state index contributed by atoms with van der Waals surface area (Å²) >= 11 is 0. The summed E-state index contributed by atoms with van der Waals surface area (Å²) in [6.45, 7) is 13.1. The summed E-state index contributed by atoms with van der Waals surface area (Å²) in [7, 11) is 0.